The van der Waals surface area contributed by atoms with E-state index in [1.54, 1.807) is 0 Å². The molecule has 1 unspecified atom stereocenters. The van der Waals surface area contributed by atoms with Crippen LogP contribution in [0.5, 0.6) is 0 Å². The first-order valence-electron chi connectivity index (χ1n) is 33.3. The third kappa shape index (κ3) is 66.0. The van der Waals surface area contributed by atoms with Crippen molar-refractivity contribution >= 4 is 17.9 Å². The summed E-state index contributed by atoms with van der Waals surface area (Å²) in [7, 11) is 0. The highest BCUT2D eigenvalue weighted by Gasteiger charge is 2.19. The van der Waals surface area contributed by atoms with E-state index in [0.717, 1.165) is 167 Å². The van der Waals surface area contributed by atoms with E-state index in [4.69, 9.17) is 14.2 Å². The molecule has 0 heterocycles. The molecule has 0 saturated heterocycles. The van der Waals surface area contributed by atoms with Crippen LogP contribution in [0.25, 0.3) is 0 Å². The van der Waals surface area contributed by atoms with Gasteiger partial charge in [0.15, 0.2) is 6.10 Å². The van der Waals surface area contributed by atoms with Crippen LogP contribution in [0, 0.1) is 0 Å². The van der Waals surface area contributed by atoms with E-state index in [9.17, 15) is 14.4 Å². The second kappa shape index (κ2) is 67.8. The lowest BCUT2D eigenvalue weighted by Gasteiger charge is -2.18. The van der Waals surface area contributed by atoms with Crippen LogP contribution < -0.4 is 0 Å². The Bertz CT molecular complexity index is 1760. The minimum absolute atomic E-state index is 0.0948. The molecule has 0 spiro atoms. The Morgan fingerprint density at radius 2 is 0.481 bits per heavy atom. The van der Waals surface area contributed by atoms with Gasteiger partial charge in [-0.1, -0.05) is 282 Å². The van der Waals surface area contributed by atoms with E-state index >= 15 is 0 Å². The summed E-state index contributed by atoms with van der Waals surface area (Å²) in [4.78, 5) is 38.4. The van der Waals surface area contributed by atoms with Gasteiger partial charge in [0, 0.05) is 19.3 Å². The Labute approximate surface area is 499 Å². The smallest absolute Gasteiger partial charge is 0.306 e. The molecule has 0 bridgehead atoms. The van der Waals surface area contributed by atoms with Crippen molar-refractivity contribution < 1.29 is 28.6 Å². The van der Waals surface area contributed by atoms with Gasteiger partial charge < -0.3 is 14.2 Å². The van der Waals surface area contributed by atoms with Crippen LogP contribution in [0.2, 0.25) is 0 Å². The number of carbonyl (C=O) groups is 3. The molecule has 0 aliphatic carbocycles. The molecule has 0 aromatic heterocycles. The van der Waals surface area contributed by atoms with Gasteiger partial charge in [0.2, 0.25) is 0 Å². The van der Waals surface area contributed by atoms with Gasteiger partial charge in [0.05, 0.1) is 0 Å². The van der Waals surface area contributed by atoms with Gasteiger partial charge in [-0.2, -0.15) is 0 Å². The number of unbranched alkanes of at least 4 members (excludes halogenated alkanes) is 24. The first-order chi connectivity index (χ1) is 40.0. The summed E-state index contributed by atoms with van der Waals surface area (Å²) >= 11 is 0. The zero-order valence-corrected chi connectivity index (χ0v) is 52.5. The van der Waals surface area contributed by atoms with Crippen molar-refractivity contribution in [3.8, 4) is 0 Å². The monoisotopic (exact) mass is 1120 g/mol. The van der Waals surface area contributed by atoms with Crippen molar-refractivity contribution in [2.24, 2.45) is 0 Å². The fourth-order valence-electron chi connectivity index (χ4n) is 8.89. The van der Waals surface area contributed by atoms with E-state index in [-0.39, 0.29) is 31.1 Å². The zero-order valence-electron chi connectivity index (χ0n) is 52.5. The van der Waals surface area contributed by atoms with Crippen LogP contribution in [-0.4, -0.2) is 37.2 Å². The molecule has 0 aliphatic rings. The summed E-state index contributed by atoms with van der Waals surface area (Å²) in [6.45, 7) is 6.33. The Morgan fingerprint density at radius 3 is 0.753 bits per heavy atom. The number of hydrogen-bond acceptors (Lipinski definition) is 6. The quantitative estimate of drug-likeness (QED) is 0.0261. The minimum Gasteiger partial charge on any atom is -0.462 e. The van der Waals surface area contributed by atoms with Crippen molar-refractivity contribution in [3.05, 3.63) is 146 Å². The van der Waals surface area contributed by atoms with Crippen molar-refractivity contribution in [2.45, 2.75) is 297 Å². The summed E-state index contributed by atoms with van der Waals surface area (Å²) in [6.07, 6.45) is 97.1. The van der Waals surface area contributed by atoms with Crippen molar-refractivity contribution in [1.82, 2.24) is 0 Å². The third-order valence-electron chi connectivity index (χ3n) is 13.8. The molecular formula is C75H122O6. The lowest BCUT2D eigenvalue weighted by atomic mass is 10.0. The van der Waals surface area contributed by atoms with Crippen LogP contribution in [0.3, 0.4) is 0 Å². The topological polar surface area (TPSA) is 78.9 Å². The van der Waals surface area contributed by atoms with Gasteiger partial charge >= 0.3 is 17.9 Å². The molecule has 0 aromatic carbocycles. The summed E-state index contributed by atoms with van der Waals surface area (Å²) in [6, 6.07) is 0. The summed E-state index contributed by atoms with van der Waals surface area (Å²) in [5.74, 6) is -0.922. The second-order valence-electron chi connectivity index (χ2n) is 21.6. The van der Waals surface area contributed by atoms with E-state index < -0.39 is 6.10 Å². The molecule has 0 radical (unpaired) electrons. The van der Waals surface area contributed by atoms with Crippen LogP contribution in [0.1, 0.15) is 290 Å². The van der Waals surface area contributed by atoms with E-state index in [1.807, 2.05) is 0 Å². The molecule has 0 aliphatic heterocycles. The summed E-state index contributed by atoms with van der Waals surface area (Å²) in [5, 5.41) is 0. The molecule has 0 aromatic rings. The molecule has 6 heteroatoms. The summed E-state index contributed by atoms with van der Waals surface area (Å²) in [5.41, 5.74) is 0. The highest BCUT2D eigenvalue weighted by atomic mass is 16.6. The van der Waals surface area contributed by atoms with Crippen LogP contribution in [0.15, 0.2) is 146 Å². The molecular weight excluding hydrogens is 997 g/mol. The standard InChI is InChI=1S/C75H122O6/c1-4-7-10-13-16-19-22-25-27-29-31-33-35-37-39-41-43-45-47-50-53-56-59-62-65-68-74(77)80-71-72(70-79-73(76)67-64-61-58-55-52-49-24-21-18-15-12-9-6-3)81-75(78)69-66-63-60-57-54-51-48-46-44-42-40-38-36-34-32-30-28-26-23-20-17-14-11-8-5-2/h7-8,10-12,15-17,19-21,24-28,31-34,37,39,43,45,72H,4-6,9,13-14,18,22-23,29-30,35-36,38,40-42,44,46-71H2,1-3H3/b10-7-,11-8-,15-12-,19-16-,20-17-,24-21-,27-25-,28-26-,33-31-,34-32-,39-37-,45-43-. The van der Waals surface area contributed by atoms with Gasteiger partial charge in [-0.15, -0.1) is 0 Å². The van der Waals surface area contributed by atoms with Crippen LogP contribution in [-0.2, 0) is 28.6 Å². The van der Waals surface area contributed by atoms with Gasteiger partial charge in [-0.3, -0.25) is 14.4 Å². The second-order valence-corrected chi connectivity index (χ2v) is 21.6. The lowest BCUT2D eigenvalue weighted by Crippen LogP contribution is -2.30. The fourth-order valence-corrected chi connectivity index (χ4v) is 8.89. The van der Waals surface area contributed by atoms with E-state index in [0.29, 0.717) is 19.3 Å². The molecule has 0 amide bonds. The van der Waals surface area contributed by atoms with Crippen LogP contribution in [0.4, 0.5) is 0 Å². The highest BCUT2D eigenvalue weighted by molar-refractivity contribution is 5.71. The minimum atomic E-state index is -0.799. The number of ether oxygens (including phenoxy) is 3. The predicted molar refractivity (Wildman–Crippen MR) is 352 cm³/mol. The first-order valence-corrected chi connectivity index (χ1v) is 33.3. The molecule has 0 saturated carbocycles. The van der Waals surface area contributed by atoms with Crippen LogP contribution >= 0.6 is 0 Å². The SMILES string of the molecule is CC/C=C\C/C=C\C/C=C\C/C=C\C/C=C\C/C=C\CCCCCCCCC(=O)OCC(COC(=O)CCCCCCC/C=C\C/C=C\CCC)OC(=O)CCCCCCCCCCCCCC/C=C\C/C=C\C/C=C\C/C=C\CC. The van der Waals surface area contributed by atoms with E-state index in [1.165, 1.54) is 83.5 Å². The van der Waals surface area contributed by atoms with Gasteiger partial charge in [0.25, 0.3) is 0 Å². The number of hydrogen-bond donors (Lipinski definition) is 0. The molecule has 0 rings (SSSR count). The number of allylic oxidation sites excluding steroid dienone is 24. The zero-order chi connectivity index (χ0) is 58.5. The summed E-state index contributed by atoms with van der Waals surface area (Å²) < 4.78 is 16.9. The molecule has 0 fully saturated rings. The predicted octanol–water partition coefficient (Wildman–Crippen LogP) is 23.1. The Balaban J connectivity index is 4.38. The fraction of sp³-hybridized carbons (Fsp3) is 0.640. The highest BCUT2D eigenvalue weighted by Crippen LogP contribution is 2.16. The van der Waals surface area contributed by atoms with Crippen molar-refractivity contribution in [2.75, 3.05) is 13.2 Å². The van der Waals surface area contributed by atoms with E-state index in [2.05, 4.69) is 167 Å². The molecule has 6 nitrogen and oxygen atoms in total. The maximum absolute atomic E-state index is 12.9. The molecule has 81 heavy (non-hydrogen) atoms. The average molecular weight is 1120 g/mol. The Hall–Kier alpha value is -4.71. The number of carbonyl (C=O) groups excluding carboxylic acids is 3. The normalized spacial score (nSPS) is 13.1. The van der Waals surface area contributed by atoms with Gasteiger partial charge in [-0.05, 0) is 135 Å². The number of rotatable bonds is 59. The maximum Gasteiger partial charge on any atom is 0.306 e. The number of esters is 3. The Morgan fingerprint density at radius 1 is 0.259 bits per heavy atom. The molecule has 458 valence electrons. The maximum atomic E-state index is 12.9. The van der Waals surface area contributed by atoms with Gasteiger partial charge in [0.1, 0.15) is 13.2 Å². The molecule has 0 N–H and O–H groups in total. The third-order valence-corrected chi connectivity index (χ3v) is 13.8. The van der Waals surface area contributed by atoms with Crippen molar-refractivity contribution in [1.29, 1.82) is 0 Å². The average Bonchev–Trinajstić information content (AvgIpc) is 3.46. The lowest BCUT2D eigenvalue weighted by molar-refractivity contribution is -0.167. The first kappa shape index (κ1) is 76.3. The Kier molecular flexibility index (Phi) is 63.9. The largest absolute Gasteiger partial charge is 0.462 e. The van der Waals surface area contributed by atoms with Crippen molar-refractivity contribution in [3.63, 3.8) is 0 Å². The molecule has 1 atom stereocenters. The van der Waals surface area contributed by atoms with Gasteiger partial charge in [-0.25, -0.2) is 0 Å².